The smallest absolute Gasteiger partial charge is 0.256 e. The van der Waals surface area contributed by atoms with E-state index in [1.807, 2.05) is 36.0 Å². The van der Waals surface area contributed by atoms with E-state index in [-0.39, 0.29) is 11.9 Å². The van der Waals surface area contributed by atoms with Crippen LogP contribution in [0, 0.1) is 0 Å². The predicted octanol–water partition coefficient (Wildman–Crippen LogP) is 1.50. The summed E-state index contributed by atoms with van der Waals surface area (Å²) in [5.74, 6) is 0.0776. The average molecular weight is 290 g/mol. The summed E-state index contributed by atoms with van der Waals surface area (Å²) in [6.07, 6.45) is 1.01. The highest BCUT2D eigenvalue weighted by Gasteiger charge is 2.26. The van der Waals surface area contributed by atoms with Crippen molar-refractivity contribution in [2.24, 2.45) is 0 Å². The Bertz CT molecular complexity index is 515. The maximum absolute atomic E-state index is 13.0. The maximum Gasteiger partial charge on any atom is 0.256 e. The van der Waals surface area contributed by atoms with Crippen molar-refractivity contribution >= 4 is 17.3 Å². The summed E-state index contributed by atoms with van der Waals surface area (Å²) in [5, 5.41) is 0. The van der Waals surface area contributed by atoms with Crippen LogP contribution in [0.25, 0.3) is 0 Å². The third-order valence-electron chi connectivity index (χ3n) is 4.04. The molecule has 2 N–H and O–H groups in total. The van der Waals surface area contributed by atoms with E-state index in [0.29, 0.717) is 11.3 Å². The topological polar surface area (TPSA) is 52.8 Å². The second kappa shape index (κ2) is 6.35. The molecule has 0 radical (unpaired) electrons. The second-order valence-electron chi connectivity index (χ2n) is 6.13. The van der Waals surface area contributed by atoms with Crippen LogP contribution >= 0.6 is 0 Å². The van der Waals surface area contributed by atoms with Gasteiger partial charge >= 0.3 is 0 Å². The molecule has 1 aromatic carbocycles. The lowest BCUT2D eigenvalue weighted by atomic mass is 10.1. The Hall–Kier alpha value is -1.75. The van der Waals surface area contributed by atoms with E-state index in [1.165, 1.54) is 0 Å². The molecule has 0 saturated carbocycles. The van der Waals surface area contributed by atoms with E-state index >= 15 is 0 Å². The molecule has 1 aliphatic heterocycles. The zero-order valence-corrected chi connectivity index (χ0v) is 13.5. The van der Waals surface area contributed by atoms with Crippen molar-refractivity contribution in [1.82, 2.24) is 9.80 Å². The van der Waals surface area contributed by atoms with Crippen LogP contribution in [0.15, 0.2) is 18.2 Å². The van der Waals surface area contributed by atoms with Gasteiger partial charge in [-0.1, -0.05) is 0 Å². The van der Waals surface area contributed by atoms with Crippen molar-refractivity contribution < 1.29 is 4.79 Å². The lowest BCUT2D eigenvalue weighted by molar-refractivity contribution is 0.0697. The van der Waals surface area contributed by atoms with E-state index in [9.17, 15) is 4.79 Å². The highest BCUT2D eigenvalue weighted by atomic mass is 16.2. The van der Waals surface area contributed by atoms with Gasteiger partial charge in [-0.15, -0.1) is 0 Å². The van der Waals surface area contributed by atoms with Crippen LogP contribution in [0.5, 0.6) is 0 Å². The number of likely N-dealkylation sites (N-methyl/N-ethyl adjacent to an activating group) is 1. The van der Waals surface area contributed by atoms with Gasteiger partial charge in [-0.25, -0.2) is 0 Å². The van der Waals surface area contributed by atoms with Crippen molar-refractivity contribution in [2.75, 3.05) is 51.4 Å². The van der Waals surface area contributed by atoms with Crippen LogP contribution < -0.4 is 10.6 Å². The summed E-state index contributed by atoms with van der Waals surface area (Å²) >= 11 is 0. The zero-order chi connectivity index (χ0) is 15.6. The predicted molar refractivity (Wildman–Crippen MR) is 87.8 cm³/mol. The van der Waals surface area contributed by atoms with Gasteiger partial charge in [0.25, 0.3) is 5.91 Å². The van der Waals surface area contributed by atoms with Gasteiger partial charge in [0.2, 0.25) is 0 Å². The van der Waals surface area contributed by atoms with Crippen LogP contribution in [-0.2, 0) is 0 Å². The minimum atomic E-state index is 0.0776. The summed E-state index contributed by atoms with van der Waals surface area (Å²) in [6, 6.07) is 5.75. The Labute approximate surface area is 127 Å². The highest BCUT2D eigenvalue weighted by molar-refractivity contribution is 6.00. The van der Waals surface area contributed by atoms with Gasteiger partial charge in [-0.2, -0.15) is 0 Å². The number of carbonyl (C=O) groups is 1. The van der Waals surface area contributed by atoms with Crippen molar-refractivity contribution in [1.29, 1.82) is 0 Å². The number of nitrogens with zero attached hydrogens (tertiary/aromatic N) is 3. The molecule has 1 aliphatic rings. The van der Waals surface area contributed by atoms with E-state index in [2.05, 4.69) is 18.9 Å². The number of benzene rings is 1. The molecule has 2 rings (SSSR count). The Morgan fingerprint density at radius 3 is 2.71 bits per heavy atom. The van der Waals surface area contributed by atoms with Gasteiger partial charge in [0.15, 0.2) is 0 Å². The first-order chi connectivity index (χ1) is 9.90. The fraction of sp³-hybridized carbons (Fsp3) is 0.562. The SMILES string of the molecule is CC1CN(C)CCCN1C(=O)c1cc(N)ccc1N(C)C. The Morgan fingerprint density at radius 1 is 1.33 bits per heavy atom. The van der Waals surface area contributed by atoms with Gasteiger partial charge in [0.05, 0.1) is 5.56 Å². The molecule has 0 bridgehead atoms. The van der Waals surface area contributed by atoms with Crippen molar-refractivity contribution in [3.05, 3.63) is 23.8 Å². The van der Waals surface area contributed by atoms with Crippen LogP contribution in [0.4, 0.5) is 11.4 Å². The molecular formula is C16H26N4O. The lowest BCUT2D eigenvalue weighted by Crippen LogP contribution is -2.42. The van der Waals surface area contributed by atoms with E-state index in [0.717, 1.165) is 31.7 Å². The molecule has 116 valence electrons. The van der Waals surface area contributed by atoms with Gasteiger partial charge in [-0.05, 0) is 45.1 Å². The number of anilines is 2. The summed E-state index contributed by atoms with van der Waals surface area (Å²) in [7, 11) is 6.00. The van der Waals surface area contributed by atoms with E-state index in [1.54, 1.807) is 6.07 Å². The Kier molecular flexibility index (Phi) is 4.73. The summed E-state index contributed by atoms with van der Waals surface area (Å²) in [6.45, 7) is 4.85. The summed E-state index contributed by atoms with van der Waals surface area (Å²) in [5.41, 5.74) is 8.12. The fourth-order valence-corrected chi connectivity index (χ4v) is 2.94. The minimum Gasteiger partial charge on any atom is -0.399 e. The number of rotatable bonds is 2. The molecule has 1 saturated heterocycles. The zero-order valence-electron chi connectivity index (χ0n) is 13.5. The molecular weight excluding hydrogens is 264 g/mol. The van der Waals surface area contributed by atoms with Crippen LogP contribution in [-0.4, -0.2) is 62.5 Å². The molecule has 5 heteroatoms. The number of hydrogen-bond acceptors (Lipinski definition) is 4. The largest absolute Gasteiger partial charge is 0.399 e. The molecule has 1 heterocycles. The number of nitrogens with two attached hydrogens (primary N) is 1. The second-order valence-corrected chi connectivity index (χ2v) is 6.13. The normalized spacial score (nSPS) is 20.2. The first-order valence-corrected chi connectivity index (χ1v) is 7.46. The number of amides is 1. The fourth-order valence-electron chi connectivity index (χ4n) is 2.94. The molecule has 1 unspecified atom stereocenters. The standard InChI is InChI=1S/C16H26N4O/c1-12-11-19(4)8-5-9-20(12)16(21)14-10-13(17)6-7-15(14)18(2)3/h6-7,10,12H,5,8-9,11,17H2,1-4H3. The Morgan fingerprint density at radius 2 is 2.05 bits per heavy atom. The number of carbonyl (C=O) groups excluding carboxylic acids is 1. The first-order valence-electron chi connectivity index (χ1n) is 7.46. The first kappa shape index (κ1) is 15.6. The molecule has 21 heavy (non-hydrogen) atoms. The van der Waals surface area contributed by atoms with E-state index in [4.69, 9.17) is 5.73 Å². The number of nitrogen functional groups attached to an aromatic ring is 1. The van der Waals surface area contributed by atoms with Crippen molar-refractivity contribution in [3.63, 3.8) is 0 Å². The molecule has 1 amide bonds. The molecule has 1 atom stereocenters. The monoisotopic (exact) mass is 290 g/mol. The van der Waals surface area contributed by atoms with Gasteiger partial charge < -0.3 is 20.4 Å². The van der Waals surface area contributed by atoms with Gasteiger partial charge in [0, 0.05) is 44.6 Å². The summed E-state index contributed by atoms with van der Waals surface area (Å²) < 4.78 is 0. The molecule has 5 nitrogen and oxygen atoms in total. The van der Waals surface area contributed by atoms with Crippen LogP contribution in [0.3, 0.4) is 0 Å². The number of hydrogen-bond donors (Lipinski definition) is 1. The van der Waals surface area contributed by atoms with E-state index < -0.39 is 0 Å². The third-order valence-corrected chi connectivity index (χ3v) is 4.04. The highest BCUT2D eigenvalue weighted by Crippen LogP contribution is 2.24. The van der Waals surface area contributed by atoms with Crippen molar-refractivity contribution in [2.45, 2.75) is 19.4 Å². The molecule has 1 aromatic rings. The third kappa shape index (κ3) is 3.47. The molecule has 0 spiro atoms. The quantitative estimate of drug-likeness (QED) is 0.839. The maximum atomic E-state index is 13.0. The lowest BCUT2D eigenvalue weighted by Gasteiger charge is -2.29. The van der Waals surface area contributed by atoms with Crippen molar-refractivity contribution in [3.8, 4) is 0 Å². The summed E-state index contributed by atoms with van der Waals surface area (Å²) in [4.78, 5) is 19.2. The average Bonchev–Trinajstić information content (AvgIpc) is 2.58. The van der Waals surface area contributed by atoms with Crippen LogP contribution in [0.2, 0.25) is 0 Å². The molecule has 0 aliphatic carbocycles. The van der Waals surface area contributed by atoms with Crippen LogP contribution in [0.1, 0.15) is 23.7 Å². The molecule has 1 fully saturated rings. The van der Waals surface area contributed by atoms with Gasteiger partial charge in [0.1, 0.15) is 0 Å². The van der Waals surface area contributed by atoms with Gasteiger partial charge in [-0.3, -0.25) is 4.79 Å². The Balaban J connectivity index is 2.32. The molecule has 0 aromatic heterocycles. The minimum absolute atomic E-state index is 0.0776.